The lowest BCUT2D eigenvalue weighted by molar-refractivity contribution is 0.135. The summed E-state index contributed by atoms with van der Waals surface area (Å²) in [4.78, 5) is 0. The Morgan fingerprint density at radius 2 is 1.25 bits per heavy atom. The maximum Gasteiger partial charge on any atom is -0.00202 e. The molecule has 1 N–H and O–H groups in total. The average Bonchev–Trinajstić information content (AvgIpc) is 1.83. The van der Waals surface area contributed by atoms with E-state index in [1.54, 1.807) is 0 Å². The molecule has 0 spiro atoms. The molecule has 72 valence electrons. The van der Waals surface area contributed by atoms with Crippen molar-refractivity contribution in [3.8, 4) is 0 Å². The molecular weight excluding hydrogens is 146 g/mol. The van der Waals surface area contributed by atoms with Crippen molar-refractivity contribution in [2.45, 2.75) is 40.5 Å². The quantitative estimate of drug-likeness (QED) is 0.588. The Labute approximate surface area is 76.9 Å². The van der Waals surface area contributed by atoms with Crippen LogP contribution in [0, 0.1) is 17.3 Å². The predicted molar refractivity (Wildman–Crippen MR) is 54.2 cm³/mol. The molecule has 0 radical (unpaired) electrons. The van der Waals surface area contributed by atoms with Crippen LogP contribution in [0.4, 0.5) is 0 Å². The van der Waals surface area contributed by atoms with Gasteiger partial charge in [-0.1, -0.05) is 27.7 Å². The van der Waals surface area contributed by atoms with Crippen LogP contribution in [0.25, 0.3) is 0 Å². The lowest BCUT2D eigenvalue weighted by atomic mass is 9.72. The Kier molecular flexibility index (Phi) is 3.16. The van der Waals surface area contributed by atoms with Crippen molar-refractivity contribution in [1.29, 1.82) is 0 Å². The number of hydrogen-bond donors (Lipinski definition) is 1. The highest BCUT2D eigenvalue weighted by atomic mass is 14.9. The van der Waals surface area contributed by atoms with Gasteiger partial charge in [0.05, 0.1) is 0 Å². The fourth-order valence-corrected chi connectivity index (χ4v) is 1.70. The van der Waals surface area contributed by atoms with E-state index in [9.17, 15) is 0 Å². The average molecular weight is 169 g/mol. The second kappa shape index (κ2) is 3.78. The second-order valence-corrected chi connectivity index (χ2v) is 5.86. The first-order chi connectivity index (χ1) is 5.45. The SMILES string of the molecule is C1NCC2CC1C2.CC(C)(C)C. The van der Waals surface area contributed by atoms with E-state index >= 15 is 0 Å². The highest BCUT2D eigenvalue weighted by molar-refractivity contribution is 4.87. The summed E-state index contributed by atoms with van der Waals surface area (Å²) in [5.41, 5.74) is 0.500. The van der Waals surface area contributed by atoms with Gasteiger partial charge in [-0.2, -0.15) is 0 Å². The van der Waals surface area contributed by atoms with Crippen LogP contribution in [-0.4, -0.2) is 13.1 Å². The Morgan fingerprint density at radius 3 is 1.33 bits per heavy atom. The van der Waals surface area contributed by atoms with Gasteiger partial charge in [0.15, 0.2) is 0 Å². The zero-order chi connectivity index (χ0) is 9.19. The minimum absolute atomic E-state index is 0.500. The summed E-state index contributed by atoms with van der Waals surface area (Å²) in [6, 6.07) is 0. The van der Waals surface area contributed by atoms with Gasteiger partial charge in [-0.25, -0.2) is 0 Å². The maximum atomic E-state index is 3.38. The predicted octanol–water partition coefficient (Wildman–Crippen LogP) is 2.67. The van der Waals surface area contributed by atoms with E-state index in [1.807, 2.05) is 0 Å². The summed E-state index contributed by atoms with van der Waals surface area (Å²) in [6.07, 6.45) is 3.04. The molecule has 2 bridgehead atoms. The Morgan fingerprint density at radius 1 is 0.917 bits per heavy atom. The van der Waals surface area contributed by atoms with Crippen molar-refractivity contribution >= 4 is 0 Å². The number of fused-ring (bicyclic) bond motifs is 2. The van der Waals surface area contributed by atoms with Crippen LogP contribution in [0.3, 0.4) is 0 Å². The molecule has 2 saturated heterocycles. The molecule has 1 aliphatic carbocycles. The summed E-state index contributed by atoms with van der Waals surface area (Å²) in [5.74, 6) is 2.14. The molecule has 0 aromatic carbocycles. The monoisotopic (exact) mass is 169 g/mol. The van der Waals surface area contributed by atoms with Crippen LogP contribution in [0.15, 0.2) is 0 Å². The van der Waals surface area contributed by atoms with Crippen molar-refractivity contribution in [2.75, 3.05) is 13.1 Å². The fourth-order valence-electron chi connectivity index (χ4n) is 1.70. The van der Waals surface area contributed by atoms with Crippen LogP contribution >= 0.6 is 0 Å². The number of piperidine rings is 2. The third-order valence-electron chi connectivity index (χ3n) is 2.20. The molecule has 0 unspecified atom stereocenters. The molecule has 1 saturated carbocycles. The molecule has 1 heteroatoms. The van der Waals surface area contributed by atoms with Crippen LogP contribution in [0.1, 0.15) is 40.5 Å². The first-order valence-corrected chi connectivity index (χ1v) is 5.16. The largest absolute Gasteiger partial charge is 0.316 e. The topological polar surface area (TPSA) is 12.0 Å². The van der Waals surface area contributed by atoms with Gasteiger partial charge in [0, 0.05) is 0 Å². The molecule has 0 amide bonds. The molecule has 3 fully saturated rings. The summed E-state index contributed by atoms with van der Waals surface area (Å²) >= 11 is 0. The van der Waals surface area contributed by atoms with Crippen molar-refractivity contribution in [2.24, 2.45) is 17.3 Å². The maximum absolute atomic E-state index is 3.38. The minimum atomic E-state index is 0.500. The van der Waals surface area contributed by atoms with Gasteiger partial charge in [-0.3, -0.25) is 0 Å². The van der Waals surface area contributed by atoms with Gasteiger partial charge in [0.25, 0.3) is 0 Å². The first-order valence-electron chi connectivity index (χ1n) is 5.16. The fraction of sp³-hybridized carbons (Fsp3) is 1.00. The van der Waals surface area contributed by atoms with E-state index in [2.05, 4.69) is 33.0 Å². The smallest absolute Gasteiger partial charge is 0.00202 e. The molecule has 0 atom stereocenters. The summed E-state index contributed by atoms with van der Waals surface area (Å²) < 4.78 is 0. The van der Waals surface area contributed by atoms with Gasteiger partial charge in [-0.15, -0.1) is 0 Å². The van der Waals surface area contributed by atoms with E-state index < -0.39 is 0 Å². The summed E-state index contributed by atoms with van der Waals surface area (Å²) in [7, 11) is 0. The number of hydrogen-bond acceptors (Lipinski definition) is 1. The van der Waals surface area contributed by atoms with E-state index in [0.717, 1.165) is 11.8 Å². The summed E-state index contributed by atoms with van der Waals surface area (Å²) in [6.45, 7) is 11.4. The van der Waals surface area contributed by atoms with Gasteiger partial charge >= 0.3 is 0 Å². The highest BCUT2D eigenvalue weighted by Crippen LogP contribution is 2.35. The first kappa shape index (κ1) is 10.0. The van der Waals surface area contributed by atoms with Gasteiger partial charge in [0.1, 0.15) is 0 Å². The van der Waals surface area contributed by atoms with Crippen molar-refractivity contribution in [3.63, 3.8) is 0 Å². The molecule has 12 heavy (non-hydrogen) atoms. The normalized spacial score (nSPS) is 33.0. The third-order valence-corrected chi connectivity index (χ3v) is 2.20. The summed E-state index contributed by atoms with van der Waals surface area (Å²) in [5, 5.41) is 3.38. The van der Waals surface area contributed by atoms with Crippen molar-refractivity contribution in [3.05, 3.63) is 0 Å². The molecule has 1 nitrogen and oxygen atoms in total. The molecule has 2 heterocycles. The molecule has 0 aromatic heterocycles. The molecule has 2 aliphatic heterocycles. The third kappa shape index (κ3) is 4.10. The Balaban J connectivity index is 0.000000130. The van der Waals surface area contributed by atoms with Gasteiger partial charge < -0.3 is 5.32 Å². The molecule has 3 aliphatic rings. The van der Waals surface area contributed by atoms with E-state index in [4.69, 9.17) is 0 Å². The minimum Gasteiger partial charge on any atom is -0.316 e. The zero-order valence-corrected chi connectivity index (χ0v) is 8.98. The molecular formula is C11H23N. The van der Waals surface area contributed by atoms with Crippen LogP contribution in [0.5, 0.6) is 0 Å². The Hall–Kier alpha value is -0.0400. The molecule has 3 rings (SSSR count). The second-order valence-electron chi connectivity index (χ2n) is 5.86. The van der Waals surface area contributed by atoms with Crippen LogP contribution in [0.2, 0.25) is 0 Å². The van der Waals surface area contributed by atoms with E-state index in [0.29, 0.717) is 5.41 Å². The number of nitrogens with one attached hydrogen (secondary N) is 1. The number of rotatable bonds is 0. The Bertz CT molecular complexity index is 109. The van der Waals surface area contributed by atoms with Crippen LogP contribution in [-0.2, 0) is 0 Å². The lowest BCUT2D eigenvalue weighted by Gasteiger charge is -2.41. The van der Waals surface area contributed by atoms with Crippen molar-refractivity contribution < 1.29 is 0 Å². The van der Waals surface area contributed by atoms with E-state index in [1.165, 1.54) is 25.9 Å². The van der Waals surface area contributed by atoms with Gasteiger partial charge in [-0.05, 0) is 43.2 Å². The van der Waals surface area contributed by atoms with Crippen molar-refractivity contribution in [1.82, 2.24) is 5.32 Å². The zero-order valence-electron chi connectivity index (χ0n) is 8.98. The van der Waals surface area contributed by atoms with Crippen LogP contribution < -0.4 is 5.32 Å². The van der Waals surface area contributed by atoms with E-state index in [-0.39, 0.29) is 0 Å². The highest BCUT2D eigenvalue weighted by Gasteiger charge is 2.32. The lowest BCUT2D eigenvalue weighted by Crippen LogP contribution is -2.45. The standard InChI is InChI=1S/C6H11N.C5H12/c1-5-2-6(1)4-7-3-5;1-5(2,3)4/h5-7H,1-4H2;1-4H3. The molecule has 0 aromatic rings. The van der Waals surface area contributed by atoms with Gasteiger partial charge in [0.2, 0.25) is 0 Å².